The van der Waals surface area contributed by atoms with Gasteiger partial charge in [0.1, 0.15) is 5.82 Å². The standard InChI is InChI=1S/C10H12F3NO/c1-5-2-6(8(14)4-15)3-7(11)9(5)10(12)13/h2-3,8,10,15H,4,14H2,1H3. The zero-order valence-electron chi connectivity index (χ0n) is 8.17. The Morgan fingerprint density at radius 1 is 1.40 bits per heavy atom. The van der Waals surface area contributed by atoms with Crippen molar-refractivity contribution in [2.75, 3.05) is 6.61 Å². The van der Waals surface area contributed by atoms with Gasteiger partial charge in [0.05, 0.1) is 18.2 Å². The maximum Gasteiger partial charge on any atom is 0.266 e. The van der Waals surface area contributed by atoms with Gasteiger partial charge >= 0.3 is 0 Å². The highest BCUT2D eigenvalue weighted by molar-refractivity contribution is 5.34. The lowest BCUT2D eigenvalue weighted by Crippen LogP contribution is -2.15. The molecule has 0 heterocycles. The molecule has 1 aromatic rings. The highest BCUT2D eigenvalue weighted by Gasteiger charge is 2.18. The third kappa shape index (κ3) is 2.49. The van der Waals surface area contributed by atoms with Crippen LogP contribution < -0.4 is 5.73 Å². The quantitative estimate of drug-likeness (QED) is 0.817. The normalized spacial score (nSPS) is 13.3. The van der Waals surface area contributed by atoms with E-state index in [1.807, 2.05) is 0 Å². The number of rotatable bonds is 3. The molecule has 1 atom stereocenters. The summed E-state index contributed by atoms with van der Waals surface area (Å²) in [5.74, 6) is -0.983. The topological polar surface area (TPSA) is 46.2 Å². The van der Waals surface area contributed by atoms with E-state index in [-0.39, 0.29) is 12.2 Å². The van der Waals surface area contributed by atoms with E-state index in [9.17, 15) is 13.2 Å². The highest BCUT2D eigenvalue weighted by atomic mass is 19.3. The molecule has 3 N–H and O–H groups in total. The van der Waals surface area contributed by atoms with E-state index in [0.29, 0.717) is 5.56 Å². The molecule has 0 amide bonds. The molecule has 0 aliphatic rings. The third-order valence-corrected chi connectivity index (χ3v) is 2.20. The largest absolute Gasteiger partial charge is 0.394 e. The summed E-state index contributed by atoms with van der Waals surface area (Å²) in [5, 5.41) is 8.75. The number of aliphatic hydroxyl groups is 1. The molecule has 0 saturated carbocycles. The Bertz CT molecular complexity index is 332. The van der Waals surface area contributed by atoms with Gasteiger partial charge in [-0.05, 0) is 24.1 Å². The first kappa shape index (κ1) is 12.0. The van der Waals surface area contributed by atoms with Gasteiger partial charge in [-0.3, -0.25) is 0 Å². The summed E-state index contributed by atoms with van der Waals surface area (Å²) < 4.78 is 38.0. The summed E-state index contributed by atoms with van der Waals surface area (Å²) >= 11 is 0. The fourth-order valence-corrected chi connectivity index (χ4v) is 1.38. The Morgan fingerprint density at radius 2 is 2.00 bits per heavy atom. The van der Waals surface area contributed by atoms with Crippen molar-refractivity contribution in [3.05, 3.63) is 34.6 Å². The molecule has 0 spiro atoms. The summed E-state index contributed by atoms with van der Waals surface area (Å²) in [4.78, 5) is 0. The Balaban J connectivity index is 3.19. The second kappa shape index (κ2) is 4.63. The molecule has 2 nitrogen and oxygen atoms in total. The Kier molecular flexibility index (Phi) is 3.71. The molecule has 15 heavy (non-hydrogen) atoms. The van der Waals surface area contributed by atoms with Crippen molar-refractivity contribution in [3.8, 4) is 0 Å². The van der Waals surface area contributed by atoms with Crippen LogP contribution in [0, 0.1) is 12.7 Å². The molecule has 0 fully saturated rings. The van der Waals surface area contributed by atoms with Crippen LogP contribution in [0.5, 0.6) is 0 Å². The molecule has 0 saturated heterocycles. The summed E-state index contributed by atoms with van der Waals surface area (Å²) in [6.07, 6.45) is -2.84. The van der Waals surface area contributed by atoms with E-state index in [1.54, 1.807) is 0 Å². The second-order valence-electron chi connectivity index (χ2n) is 3.32. The summed E-state index contributed by atoms with van der Waals surface area (Å²) in [6.45, 7) is 1.03. The highest BCUT2D eigenvalue weighted by Crippen LogP contribution is 2.28. The van der Waals surface area contributed by atoms with Crippen LogP contribution in [0.15, 0.2) is 12.1 Å². The average molecular weight is 219 g/mol. The minimum absolute atomic E-state index is 0.143. The summed E-state index contributed by atoms with van der Waals surface area (Å²) in [7, 11) is 0. The van der Waals surface area contributed by atoms with Gasteiger partial charge in [0.2, 0.25) is 0 Å². The monoisotopic (exact) mass is 219 g/mol. The van der Waals surface area contributed by atoms with Crippen molar-refractivity contribution >= 4 is 0 Å². The van der Waals surface area contributed by atoms with E-state index < -0.39 is 23.8 Å². The number of hydrogen-bond acceptors (Lipinski definition) is 2. The molecule has 0 aliphatic heterocycles. The lowest BCUT2D eigenvalue weighted by Gasteiger charge is -2.13. The molecule has 5 heteroatoms. The van der Waals surface area contributed by atoms with Gasteiger partial charge in [-0.2, -0.15) is 0 Å². The molecule has 1 rings (SSSR count). The molecular formula is C10H12F3NO. The SMILES string of the molecule is Cc1cc(C(N)CO)cc(F)c1C(F)F. The number of halogens is 3. The maximum atomic E-state index is 13.2. The average Bonchev–Trinajstić information content (AvgIpc) is 2.14. The number of hydrogen-bond donors (Lipinski definition) is 2. The fourth-order valence-electron chi connectivity index (χ4n) is 1.38. The first-order valence-electron chi connectivity index (χ1n) is 4.42. The summed E-state index contributed by atoms with van der Waals surface area (Å²) in [6, 6.07) is 1.56. The van der Waals surface area contributed by atoms with Gasteiger partial charge in [-0.1, -0.05) is 6.07 Å². The molecular weight excluding hydrogens is 207 g/mol. The van der Waals surface area contributed by atoms with Crippen LogP contribution in [0.2, 0.25) is 0 Å². The van der Waals surface area contributed by atoms with E-state index in [0.717, 1.165) is 6.07 Å². The van der Waals surface area contributed by atoms with Crippen molar-refractivity contribution < 1.29 is 18.3 Å². The van der Waals surface area contributed by atoms with Crippen LogP contribution in [-0.2, 0) is 0 Å². The number of aliphatic hydroxyl groups excluding tert-OH is 1. The maximum absolute atomic E-state index is 13.2. The zero-order chi connectivity index (χ0) is 11.6. The van der Waals surface area contributed by atoms with E-state index in [1.165, 1.54) is 13.0 Å². The van der Waals surface area contributed by atoms with Crippen molar-refractivity contribution in [2.45, 2.75) is 19.4 Å². The third-order valence-electron chi connectivity index (χ3n) is 2.20. The predicted molar refractivity (Wildman–Crippen MR) is 50.1 cm³/mol. The first-order valence-corrected chi connectivity index (χ1v) is 4.42. The van der Waals surface area contributed by atoms with Gasteiger partial charge in [-0.25, -0.2) is 13.2 Å². The lowest BCUT2D eigenvalue weighted by molar-refractivity contribution is 0.145. The van der Waals surface area contributed by atoms with Gasteiger partial charge in [0, 0.05) is 0 Å². The van der Waals surface area contributed by atoms with Crippen LogP contribution in [0.3, 0.4) is 0 Å². The van der Waals surface area contributed by atoms with Crippen molar-refractivity contribution in [1.82, 2.24) is 0 Å². The molecule has 0 radical (unpaired) electrons. The molecule has 84 valence electrons. The molecule has 0 aromatic heterocycles. The van der Waals surface area contributed by atoms with Crippen LogP contribution in [0.4, 0.5) is 13.2 Å². The summed E-state index contributed by atoms with van der Waals surface area (Å²) in [5.41, 5.74) is 5.31. The number of aryl methyl sites for hydroxylation is 1. The van der Waals surface area contributed by atoms with Crippen LogP contribution in [0.1, 0.15) is 29.2 Å². The van der Waals surface area contributed by atoms with Crippen LogP contribution in [0.25, 0.3) is 0 Å². The van der Waals surface area contributed by atoms with Gasteiger partial charge < -0.3 is 10.8 Å². The predicted octanol–water partition coefficient (Wildman–Crippen LogP) is 2.06. The first-order chi connectivity index (χ1) is 6.97. The number of benzene rings is 1. The second-order valence-corrected chi connectivity index (χ2v) is 3.32. The number of alkyl halides is 2. The van der Waals surface area contributed by atoms with E-state index >= 15 is 0 Å². The van der Waals surface area contributed by atoms with Crippen molar-refractivity contribution in [3.63, 3.8) is 0 Å². The Labute approximate surface area is 85.5 Å². The van der Waals surface area contributed by atoms with E-state index in [4.69, 9.17) is 10.8 Å². The van der Waals surface area contributed by atoms with Crippen LogP contribution in [-0.4, -0.2) is 11.7 Å². The Morgan fingerprint density at radius 3 is 2.40 bits per heavy atom. The van der Waals surface area contributed by atoms with Gasteiger partial charge in [0.25, 0.3) is 6.43 Å². The minimum atomic E-state index is -2.84. The Hall–Kier alpha value is -1.07. The van der Waals surface area contributed by atoms with Crippen molar-refractivity contribution in [1.29, 1.82) is 0 Å². The molecule has 1 aromatic carbocycles. The van der Waals surface area contributed by atoms with Crippen molar-refractivity contribution in [2.24, 2.45) is 5.73 Å². The zero-order valence-corrected chi connectivity index (χ0v) is 8.17. The van der Waals surface area contributed by atoms with Crippen LogP contribution >= 0.6 is 0 Å². The fraction of sp³-hybridized carbons (Fsp3) is 0.400. The lowest BCUT2D eigenvalue weighted by atomic mass is 10.0. The van der Waals surface area contributed by atoms with Gasteiger partial charge in [-0.15, -0.1) is 0 Å². The molecule has 0 aliphatic carbocycles. The van der Waals surface area contributed by atoms with E-state index in [2.05, 4.69) is 0 Å². The molecule has 0 bridgehead atoms. The number of nitrogens with two attached hydrogens (primary N) is 1. The smallest absolute Gasteiger partial charge is 0.266 e. The minimum Gasteiger partial charge on any atom is -0.394 e. The molecule has 1 unspecified atom stereocenters. The van der Waals surface area contributed by atoms with Gasteiger partial charge in [0.15, 0.2) is 0 Å².